The van der Waals surface area contributed by atoms with E-state index in [2.05, 4.69) is 0 Å². The Bertz CT molecular complexity index is 231. The largest absolute Gasteiger partial charge is 0.395 e. The number of hydrogen-bond acceptors (Lipinski definition) is 2. The Morgan fingerprint density at radius 1 is 1.67 bits per heavy atom. The molecule has 4 N–H and O–H groups in total. The maximum Gasteiger partial charge on any atom is 0.251 e. The zero-order valence-corrected chi connectivity index (χ0v) is 5.72. The predicted molar refractivity (Wildman–Crippen MR) is 38.9 cm³/mol. The van der Waals surface area contributed by atoms with E-state index in [1.807, 2.05) is 5.80 Å². The summed E-state index contributed by atoms with van der Waals surface area (Å²) in [6, 6.07) is 1.66. The second-order valence-electron chi connectivity index (χ2n) is 1.67. The molecule has 4 heteroatoms. The zero-order valence-electron chi connectivity index (χ0n) is 4.72. The van der Waals surface area contributed by atoms with E-state index in [1.54, 1.807) is 6.07 Å². The average molecular weight is 142 g/mol. The van der Waals surface area contributed by atoms with Crippen molar-refractivity contribution in [1.29, 1.82) is 0 Å². The van der Waals surface area contributed by atoms with Crippen molar-refractivity contribution in [2.45, 2.75) is 0 Å². The molecule has 1 amide bonds. The fourth-order valence-corrected chi connectivity index (χ4v) is 1.39. The Balaban J connectivity index is 3.08. The minimum atomic E-state index is -0.436. The molecule has 0 fully saturated rings. The van der Waals surface area contributed by atoms with Crippen LogP contribution in [-0.2, 0) is 0 Å². The number of amides is 1. The summed E-state index contributed by atoms with van der Waals surface area (Å²) in [6.07, 6.45) is 0. The van der Waals surface area contributed by atoms with Gasteiger partial charge >= 0.3 is 0 Å². The van der Waals surface area contributed by atoms with Crippen LogP contribution in [0.2, 0.25) is 0 Å². The normalized spacial score (nSPS) is 10.2. The van der Waals surface area contributed by atoms with Crippen molar-refractivity contribution in [3.05, 3.63) is 17.4 Å². The summed E-state index contributed by atoms with van der Waals surface area (Å²) in [4.78, 5) is 10.4. The number of primary amides is 1. The van der Waals surface area contributed by atoms with E-state index in [9.17, 15) is 4.79 Å². The number of hydrogen-bond donors (Lipinski definition) is 2. The minimum Gasteiger partial charge on any atom is -0.395 e. The quantitative estimate of drug-likeness (QED) is 0.595. The first-order valence-corrected chi connectivity index (χ1v) is 3.52. The molecule has 0 spiro atoms. The van der Waals surface area contributed by atoms with Crippen molar-refractivity contribution in [3.8, 4) is 0 Å². The van der Waals surface area contributed by atoms with E-state index in [0.717, 1.165) is 0 Å². The monoisotopic (exact) mass is 142 g/mol. The molecule has 0 aliphatic heterocycles. The van der Waals surface area contributed by atoms with Gasteiger partial charge in [0, 0.05) is 0 Å². The highest BCUT2D eigenvalue weighted by Gasteiger charge is 2.02. The molecule has 1 aromatic heterocycles. The maximum atomic E-state index is 10.4. The van der Waals surface area contributed by atoms with Crippen molar-refractivity contribution < 1.29 is 4.79 Å². The van der Waals surface area contributed by atoms with Gasteiger partial charge < -0.3 is 11.5 Å². The molecule has 0 aliphatic rings. The Morgan fingerprint density at radius 2 is 2.33 bits per heavy atom. The van der Waals surface area contributed by atoms with Gasteiger partial charge in [-0.1, -0.05) is 0 Å². The summed E-state index contributed by atoms with van der Waals surface area (Å²) in [7, 11) is 0.432. The molecule has 48 valence electrons. The molecule has 0 saturated carbocycles. The Labute approximate surface area is 54.1 Å². The lowest BCUT2D eigenvalue weighted by Crippen LogP contribution is -2.11. The van der Waals surface area contributed by atoms with Gasteiger partial charge in [-0.25, -0.2) is 0 Å². The van der Waals surface area contributed by atoms with Gasteiger partial charge in [0.25, 0.3) is 5.91 Å². The van der Waals surface area contributed by atoms with Crippen LogP contribution >= 0.6 is 8.19 Å². The summed E-state index contributed by atoms with van der Waals surface area (Å²) in [6.45, 7) is 0. The van der Waals surface area contributed by atoms with Gasteiger partial charge in [0.05, 0.1) is 11.0 Å². The summed E-state index contributed by atoms with van der Waals surface area (Å²) in [5, 5.41) is 0. The van der Waals surface area contributed by atoms with E-state index < -0.39 is 5.91 Å². The Kier molecular flexibility index (Phi) is 1.45. The second-order valence-corrected chi connectivity index (χ2v) is 2.83. The molecule has 9 heavy (non-hydrogen) atoms. The van der Waals surface area contributed by atoms with Crippen LogP contribution in [-0.4, -0.2) is 5.91 Å². The zero-order chi connectivity index (χ0) is 6.85. The number of nitrogens with two attached hydrogens (primary N) is 2. The van der Waals surface area contributed by atoms with E-state index in [0.29, 0.717) is 19.2 Å². The number of rotatable bonds is 1. The SMILES string of the molecule is NC(=O)c1cc[pH]c1N. The van der Waals surface area contributed by atoms with Crippen LogP contribution in [0, 0.1) is 0 Å². The molecule has 0 saturated heterocycles. The van der Waals surface area contributed by atoms with Crippen LogP contribution in [0.15, 0.2) is 11.9 Å². The lowest BCUT2D eigenvalue weighted by molar-refractivity contribution is 0.100. The van der Waals surface area contributed by atoms with Gasteiger partial charge in [-0.15, -0.1) is 8.19 Å². The molecule has 1 heterocycles. The van der Waals surface area contributed by atoms with Crippen LogP contribution in [0.25, 0.3) is 0 Å². The lowest BCUT2D eigenvalue weighted by Gasteiger charge is -1.89. The summed E-state index contributed by atoms with van der Waals surface area (Å²) < 4.78 is 0. The van der Waals surface area contributed by atoms with Gasteiger partial charge in [0.15, 0.2) is 0 Å². The van der Waals surface area contributed by atoms with Crippen molar-refractivity contribution in [3.63, 3.8) is 0 Å². The number of carbonyl (C=O) groups is 1. The number of carbonyl (C=O) groups excluding carboxylic acids is 1. The highest BCUT2D eigenvalue weighted by Crippen LogP contribution is 2.22. The van der Waals surface area contributed by atoms with Gasteiger partial charge in [-0.3, -0.25) is 4.79 Å². The van der Waals surface area contributed by atoms with Gasteiger partial charge in [-0.2, -0.15) is 0 Å². The first-order chi connectivity index (χ1) is 4.22. The summed E-state index contributed by atoms with van der Waals surface area (Å²) >= 11 is 0. The predicted octanol–water partition coefficient (Wildman–Crippen LogP) is 0.399. The smallest absolute Gasteiger partial charge is 0.251 e. The van der Waals surface area contributed by atoms with Gasteiger partial charge in [0.2, 0.25) is 0 Å². The van der Waals surface area contributed by atoms with Crippen molar-refractivity contribution in [2.75, 3.05) is 5.73 Å². The first-order valence-electron chi connectivity index (χ1n) is 2.44. The number of anilines is 1. The third-order valence-electron chi connectivity index (χ3n) is 1.04. The second kappa shape index (κ2) is 2.11. The molecule has 1 atom stereocenters. The topological polar surface area (TPSA) is 69.1 Å². The van der Waals surface area contributed by atoms with Crippen molar-refractivity contribution in [2.24, 2.45) is 5.73 Å². The number of nitrogen functional groups attached to an aromatic ring is 1. The highest BCUT2D eigenvalue weighted by atomic mass is 31.0. The van der Waals surface area contributed by atoms with E-state index in [4.69, 9.17) is 11.5 Å². The molecule has 0 bridgehead atoms. The van der Waals surface area contributed by atoms with Crippen LogP contribution in [0.5, 0.6) is 0 Å². The molecule has 0 radical (unpaired) electrons. The molecular formula is C5H7N2OP. The third kappa shape index (κ3) is 1.06. The summed E-state index contributed by atoms with van der Waals surface area (Å²) in [5.41, 5.74) is 11.4. The van der Waals surface area contributed by atoms with Crippen molar-refractivity contribution in [1.82, 2.24) is 0 Å². The fourth-order valence-electron chi connectivity index (χ4n) is 0.597. The van der Waals surface area contributed by atoms with E-state index in [-0.39, 0.29) is 0 Å². The highest BCUT2D eigenvalue weighted by molar-refractivity contribution is 7.34. The Morgan fingerprint density at radius 3 is 2.56 bits per heavy atom. The standard InChI is InChI=1S/C5H7N2OP/c6-4(8)3-1-2-9-5(3)7/h1-2,9H,7H2,(H2,6,8). The molecule has 1 rings (SSSR count). The van der Waals surface area contributed by atoms with Crippen LogP contribution < -0.4 is 11.5 Å². The molecule has 0 aromatic carbocycles. The van der Waals surface area contributed by atoms with Crippen LogP contribution in [0.3, 0.4) is 0 Å². The lowest BCUT2D eigenvalue weighted by atomic mass is 10.3. The third-order valence-corrected chi connectivity index (χ3v) is 1.96. The molecule has 0 aliphatic carbocycles. The van der Waals surface area contributed by atoms with E-state index >= 15 is 0 Å². The van der Waals surface area contributed by atoms with Gasteiger partial charge in [-0.05, 0) is 11.9 Å². The van der Waals surface area contributed by atoms with Crippen molar-refractivity contribution >= 4 is 19.5 Å². The fraction of sp³-hybridized carbons (Fsp3) is 0. The van der Waals surface area contributed by atoms with E-state index in [1.165, 1.54) is 0 Å². The molecule has 1 aromatic rings. The first kappa shape index (κ1) is 6.17. The molecule has 1 unspecified atom stereocenters. The average Bonchev–Trinajstić information content (AvgIpc) is 2.13. The minimum absolute atomic E-state index is 0.432. The molecular weight excluding hydrogens is 135 g/mol. The van der Waals surface area contributed by atoms with Crippen LogP contribution in [0.4, 0.5) is 5.42 Å². The summed E-state index contributed by atoms with van der Waals surface area (Å²) in [5.74, 6) is 1.41. The van der Waals surface area contributed by atoms with Gasteiger partial charge in [0.1, 0.15) is 0 Å². The maximum absolute atomic E-state index is 10.4. The molecule has 3 nitrogen and oxygen atoms in total. The van der Waals surface area contributed by atoms with Crippen LogP contribution in [0.1, 0.15) is 10.4 Å². The Hall–Kier alpha value is -0.950.